The molecule has 0 saturated heterocycles. The van der Waals surface area contributed by atoms with Gasteiger partial charge in [0, 0.05) is 18.4 Å². The fourth-order valence-corrected chi connectivity index (χ4v) is 2.82. The summed E-state index contributed by atoms with van der Waals surface area (Å²) in [6.07, 6.45) is 1.73. The summed E-state index contributed by atoms with van der Waals surface area (Å²) in [6, 6.07) is 0. The molecule has 0 amide bonds. The third-order valence-corrected chi connectivity index (χ3v) is 4.13. The van der Waals surface area contributed by atoms with Crippen LogP contribution in [-0.4, -0.2) is 28.4 Å². The Morgan fingerprint density at radius 2 is 2.06 bits per heavy atom. The number of aryl methyl sites for hydroxylation is 1. The highest BCUT2D eigenvalue weighted by molar-refractivity contribution is 7.09. The van der Waals surface area contributed by atoms with Gasteiger partial charge in [0.2, 0.25) is 0 Å². The SMILES string of the molecule is CCOC(CC)(CC)C(O)Cc1csc(C)n1. The smallest absolute Gasteiger partial charge is 0.0938 e. The van der Waals surface area contributed by atoms with Crippen LogP contribution in [0.1, 0.15) is 44.3 Å². The molecule has 1 aromatic rings. The summed E-state index contributed by atoms with van der Waals surface area (Å²) < 4.78 is 5.79. The summed E-state index contributed by atoms with van der Waals surface area (Å²) in [5, 5.41) is 13.5. The largest absolute Gasteiger partial charge is 0.390 e. The second-order valence-corrected chi connectivity index (χ2v) is 5.34. The average Bonchev–Trinajstić information content (AvgIpc) is 2.71. The molecule has 4 heteroatoms. The van der Waals surface area contributed by atoms with Crippen molar-refractivity contribution in [3.05, 3.63) is 16.1 Å². The molecule has 0 radical (unpaired) electrons. The van der Waals surface area contributed by atoms with Crippen LogP contribution >= 0.6 is 11.3 Å². The molecule has 0 bridgehead atoms. The predicted molar refractivity (Wildman–Crippen MR) is 71.5 cm³/mol. The van der Waals surface area contributed by atoms with Gasteiger partial charge in [-0.25, -0.2) is 4.98 Å². The van der Waals surface area contributed by atoms with Crippen LogP contribution < -0.4 is 0 Å². The second-order valence-electron chi connectivity index (χ2n) is 4.28. The van der Waals surface area contributed by atoms with Crippen LogP contribution in [0.15, 0.2) is 5.38 Å². The lowest BCUT2D eigenvalue weighted by Crippen LogP contribution is -2.45. The molecule has 0 spiro atoms. The Balaban J connectivity index is 2.74. The van der Waals surface area contributed by atoms with Crippen molar-refractivity contribution in [3.8, 4) is 0 Å². The van der Waals surface area contributed by atoms with E-state index < -0.39 is 11.7 Å². The van der Waals surface area contributed by atoms with Crippen LogP contribution in [0.4, 0.5) is 0 Å². The number of nitrogens with zero attached hydrogens (tertiary/aromatic N) is 1. The number of ether oxygens (including phenoxy) is 1. The van der Waals surface area contributed by atoms with Gasteiger partial charge in [0.25, 0.3) is 0 Å². The summed E-state index contributed by atoms with van der Waals surface area (Å²) in [6.45, 7) is 8.72. The van der Waals surface area contributed by atoms with Crippen LogP contribution in [0.5, 0.6) is 0 Å². The molecule has 17 heavy (non-hydrogen) atoms. The highest BCUT2D eigenvalue weighted by Gasteiger charge is 2.35. The van der Waals surface area contributed by atoms with Crippen molar-refractivity contribution < 1.29 is 9.84 Å². The number of aliphatic hydroxyl groups is 1. The normalized spacial score (nSPS) is 13.9. The zero-order chi connectivity index (χ0) is 12.9. The summed E-state index contributed by atoms with van der Waals surface area (Å²) in [5.74, 6) is 0. The van der Waals surface area contributed by atoms with Crippen molar-refractivity contribution >= 4 is 11.3 Å². The average molecular weight is 257 g/mol. The first-order chi connectivity index (χ1) is 8.07. The molecule has 0 fully saturated rings. The van der Waals surface area contributed by atoms with Crippen LogP contribution in [0, 0.1) is 6.92 Å². The molecule has 1 unspecified atom stereocenters. The molecular formula is C13H23NO2S. The van der Waals surface area contributed by atoms with Gasteiger partial charge in [-0.1, -0.05) is 13.8 Å². The maximum atomic E-state index is 10.4. The van der Waals surface area contributed by atoms with Crippen molar-refractivity contribution in [2.24, 2.45) is 0 Å². The molecule has 1 atom stereocenters. The van der Waals surface area contributed by atoms with E-state index in [0.29, 0.717) is 13.0 Å². The topological polar surface area (TPSA) is 42.4 Å². The van der Waals surface area contributed by atoms with Crippen LogP contribution in [0.2, 0.25) is 0 Å². The molecule has 1 rings (SSSR count). The first kappa shape index (κ1) is 14.6. The molecule has 1 aromatic heterocycles. The molecule has 0 aliphatic carbocycles. The van der Waals surface area contributed by atoms with Crippen molar-refractivity contribution in [2.75, 3.05) is 6.61 Å². The number of aromatic nitrogens is 1. The highest BCUT2D eigenvalue weighted by atomic mass is 32.1. The van der Waals surface area contributed by atoms with E-state index in [0.717, 1.165) is 23.5 Å². The number of hydrogen-bond acceptors (Lipinski definition) is 4. The Hall–Kier alpha value is -0.450. The van der Waals surface area contributed by atoms with Crippen LogP contribution in [0.25, 0.3) is 0 Å². The maximum Gasteiger partial charge on any atom is 0.0938 e. The standard InChI is InChI=1S/C13H23NO2S/c1-5-13(6-2,16-7-3)12(15)8-11-9-17-10(4)14-11/h9,12,15H,5-8H2,1-4H3. The molecule has 0 aliphatic heterocycles. The highest BCUT2D eigenvalue weighted by Crippen LogP contribution is 2.27. The molecule has 3 nitrogen and oxygen atoms in total. The second kappa shape index (κ2) is 6.47. The molecule has 0 aliphatic rings. The number of thiazole rings is 1. The van der Waals surface area contributed by atoms with Gasteiger partial charge in [-0.3, -0.25) is 0 Å². The van der Waals surface area contributed by atoms with Gasteiger partial charge >= 0.3 is 0 Å². The third kappa shape index (κ3) is 3.50. The first-order valence-corrected chi connectivity index (χ1v) is 7.19. The lowest BCUT2D eigenvalue weighted by molar-refractivity contribution is -0.124. The van der Waals surface area contributed by atoms with E-state index in [-0.39, 0.29) is 0 Å². The van der Waals surface area contributed by atoms with E-state index >= 15 is 0 Å². The van der Waals surface area contributed by atoms with Gasteiger partial charge in [0.1, 0.15) is 0 Å². The predicted octanol–water partition coefficient (Wildman–Crippen LogP) is 2.95. The summed E-state index contributed by atoms with van der Waals surface area (Å²) in [7, 11) is 0. The maximum absolute atomic E-state index is 10.4. The van der Waals surface area contributed by atoms with Gasteiger partial charge in [-0.15, -0.1) is 11.3 Å². The van der Waals surface area contributed by atoms with E-state index in [1.807, 2.05) is 19.2 Å². The van der Waals surface area contributed by atoms with Crippen molar-refractivity contribution in [1.29, 1.82) is 0 Å². The first-order valence-electron chi connectivity index (χ1n) is 6.31. The minimum absolute atomic E-state index is 0.424. The molecule has 1 N–H and O–H groups in total. The van der Waals surface area contributed by atoms with E-state index in [1.54, 1.807) is 11.3 Å². The minimum Gasteiger partial charge on any atom is -0.390 e. The Bertz CT molecular complexity index is 334. The van der Waals surface area contributed by atoms with Gasteiger partial charge in [-0.2, -0.15) is 0 Å². The lowest BCUT2D eigenvalue weighted by atomic mass is 9.88. The van der Waals surface area contributed by atoms with Crippen LogP contribution in [-0.2, 0) is 11.2 Å². The molecule has 98 valence electrons. The zero-order valence-corrected chi connectivity index (χ0v) is 12.0. The monoisotopic (exact) mass is 257 g/mol. The van der Waals surface area contributed by atoms with Crippen LogP contribution in [0.3, 0.4) is 0 Å². The summed E-state index contributed by atoms with van der Waals surface area (Å²) in [4.78, 5) is 4.40. The minimum atomic E-state index is -0.487. The fraction of sp³-hybridized carbons (Fsp3) is 0.769. The Kier molecular flexibility index (Phi) is 5.56. The Morgan fingerprint density at radius 3 is 2.47 bits per heavy atom. The molecule has 1 heterocycles. The summed E-state index contributed by atoms with van der Waals surface area (Å²) >= 11 is 1.62. The van der Waals surface area contributed by atoms with Gasteiger partial charge < -0.3 is 9.84 Å². The quantitative estimate of drug-likeness (QED) is 0.816. The fourth-order valence-electron chi connectivity index (χ4n) is 2.20. The zero-order valence-electron chi connectivity index (χ0n) is 11.2. The van der Waals surface area contributed by atoms with Gasteiger partial charge in [0.05, 0.1) is 22.4 Å². The molecular weight excluding hydrogens is 234 g/mol. The summed E-state index contributed by atoms with van der Waals surface area (Å²) in [5.41, 5.74) is 0.540. The van der Waals surface area contributed by atoms with Crippen molar-refractivity contribution in [1.82, 2.24) is 4.98 Å². The van der Waals surface area contributed by atoms with E-state index in [9.17, 15) is 5.11 Å². The van der Waals surface area contributed by atoms with Gasteiger partial charge in [-0.05, 0) is 26.7 Å². The molecule has 0 saturated carbocycles. The van der Waals surface area contributed by atoms with Crippen molar-refractivity contribution in [3.63, 3.8) is 0 Å². The molecule has 0 aromatic carbocycles. The van der Waals surface area contributed by atoms with E-state index in [2.05, 4.69) is 18.8 Å². The van der Waals surface area contributed by atoms with Gasteiger partial charge in [0.15, 0.2) is 0 Å². The Labute approximate surface area is 108 Å². The van der Waals surface area contributed by atoms with E-state index in [1.165, 1.54) is 0 Å². The Morgan fingerprint density at radius 1 is 1.41 bits per heavy atom. The van der Waals surface area contributed by atoms with Crippen molar-refractivity contribution in [2.45, 2.75) is 58.7 Å². The number of hydrogen-bond donors (Lipinski definition) is 1. The lowest BCUT2D eigenvalue weighted by Gasteiger charge is -2.36. The van der Waals surface area contributed by atoms with E-state index in [4.69, 9.17) is 4.74 Å². The third-order valence-electron chi connectivity index (χ3n) is 3.31. The number of aliphatic hydroxyl groups excluding tert-OH is 1. The number of rotatable bonds is 7.